The number of carbonyl (C=O) groups excluding carboxylic acids is 1. The molecule has 0 radical (unpaired) electrons. The van der Waals surface area contributed by atoms with E-state index < -0.39 is 0 Å². The maximum Gasteiger partial charge on any atom is 0.255 e. The summed E-state index contributed by atoms with van der Waals surface area (Å²) >= 11 is 0. The Balaban J connectivity index is 1.86. The van der Waals surface area contributed by atoms with E-state index in [1.807, 2.05) is 0 Å². The zero-order valence-electron chi connectivity index (χ0n) is 14.0. The van der Waals surface area contributed by atoms with Crippen molar-refractivity contribution in [3.8, 4) is 11.5 Å². The van der Waals surface area contributed by atoms with Crippen LogP contribution in [0.5, 0.6) is 11.5 Å². The average Bonchev–Trinajstić information content (AvgIpc) is 2.52. The van der Waals surface area contributed by atoms with Gasteiger partial charge in [-0.1, -0.05) is 13.8 Å². The second-order valence-corrected chi connectivity index (χ2v) is 6.24. The first kappa shape index (κ1) is 17.6. The van der Waals surface area contributed by atoms with Crippen molar-refractivity contribution in [2.45, 2.75) is 20.0 Å². The Kier molecular flexibility index (Phi) is 6.24. The first-order valence-corrected chi connectivity index (χ1v) is 7.98. The molecule has 6 nitrogen and oxygen atoms in total. The molecule has 1 fully saturated rings. The average molecular weight is 322 g/mol. The standard InChI is InChI=1S/C17H26N2O4/c1-12(2)10-19-6-7-23-14(11-19)9-18-17(21)15-5-4-13(22-3)8-16(15)20/h4-5,8,12,14,20H,6-7,9-11H2,1-3H3,(H,18,21)/t14-/m0/s1. The van der Waals surface area contributed by atoms with Crippen LogP contribution < -0.4 is 10.1 Å². The molecule has 1 aromatic carbocycles. The fourth-order valence-electron chi connectivity index (χ4n) is 2.72. The molecule has 1 saturated heterocycles. The minimum absolute atomic E-state index is 0.0214. The second-order valence-electron chi connectivity index (χ2n) is 6.24. The van der Waals surface area contributed by atoms with Gasteiger partial charge in [0.2, 0.25) is 0 Å². The molecule has 1 amide bonds. The number of phenolic OH excluding ortho intramolecular Hbond substituents is 1. The fraction of sp³-hybridized carbons (Fsp3) is 0.588. The molecule has 0 aliphatic carbocycles. The SMILES string of the molecule is COc1ccc(C(=O)NC[C@H]2CN(CC(C)C)CCO2)c(O)c1. The van der Waals surface area contributed by atoms with Gasteiger partial charge < -0.3 is 19.9 Å². The van der Waals surface area contributed by atoms with Crippen molar-refractivity contribution in [3.63, 3.8) is 0 Å². The van der Waals surface area contributed by atoms with Crippen molar-refractivity contribution in [2.24, 2.45) is 5.92 Å². The zero-order chi connectivity index (χ0) is 16.8. The summed E-state index contributed by atoms with van der Waals surface area (Å²) in [4.78, 5) is 14.5. The number of benzene rings is 1. The second kappa shape index (κ2) is 8.17. The number of carbonyl (C=O) groups is 1. The van der Waals surface area contributed by atoms with Crippen LogP contribution in [-0.2, 0) is 4.74 Å². The number of nitrogens with zero attached hydrogens (tertiary/aromatic N) is 1. The van der Waals surface area contributed by atoms with Gasteiger partial charge in [-0.2, -0.15) is 0 Å². The fourth-order valence-corrected chi connectivity index (χ4v) is 2.72. The maximum atomic E-state index is 12.2. The largest absolute Gasteiger partial charge is 0.507 e. The lowest BCUT2D eigenvalue weighted by atomic mass is 10.1. The Morgan fingerprint density at radius 3 is 2.96 bits per heavy atom. The van der Waals surface area contributed by atoms with Gasteiger partial charge in [0.1, 0.15) is 11.5 Å². The predicted molar refractivity (Wildman–Crippen MR) is 88.0 cm³/mol. The number of aromatic hydroxyl groups is 1. The Hall–Kier alpha value is -1.79. The van der Waals surface area contributed by atoms with Gasteiger partial charge >= 0.3 is 0 Å². The molecular weight excluding hydrogens is 296 g/mol. The van der Waals surface area contributed by atoms with Gasteiger partial charge in [0.25, 0.3) is 5.91 Å². The van der Waals surface area contributed by atoms with Crippen LogP contribution >= 0.6 is 0 Å². The van der Waals surface area contributed by atoms with E-state index in [2.05, 4.69) is 24.1 Å². The van der Waals surface area contributed by atoms with Crippen LogP contribution in [0.15, 0.2) is 18.2 Å². The van der Waals surface area contributed by atoms with Gasteiger partial charge in [0.15, 0.2) is 0 Å². The molecular formula is C17H26N2O4. The highest BCUT2D eigenvalue weighted by Gasteiger charge is 2.22. The molecule has 0 saturated carbocycles. The van der Waals surface area contributed by atoms with E-state index in [1.54, 1.807) is 12.1 Å². The third-order valence-electron chi connectivity index (χ3n) is 3.79. The molecule has 0 spiro atoms. The molecule has 1 heterocycles. The van der Waals surface area contributed by atoms with Crippen molar-refractivity contribution in [2.75, 3.05) is 39.9 Å². The van der Waals surface area contributed by atoms with Gasteiger partial charge in [0.05, 0.1) is 25.4 Å². The number of hydrogen-bond donors (Lipinski definition) is 2. The van der Waals surface area contributed by atoms with Gasteiger partial charge in [-0.25, -0.2) is 0 Å². The number of rotatable bonds is 6. The van der Waals surface area contributed by atoms with Crippen LogP contribution in [0.2, 0.25) is 0 Å². The summed E-state index contributed by atoms with van der Waals surface area (Å²) in [6, 6.07) is 4.63. The topological polar surface area (TPSA) is 71.0 Å². The number of hydrogen-bond acceptors (Lipinski definition) is 5. The van der Waals surface area contributed by atoms with E-state index in [0.717, 1.165) is 19.6 Å². The minimum atomic E-state index is -0.310. The van der Waals surface area contributed by atoms with Crippen LogP contribution in [0.25, 0.3) is 0 Å². The third-order valence-corrected chi connectivity index (χ3v) is 3.79. The normalized spacial score (nSPS) is 18.9. The minimum Gasteiger partial charge on any atom is -0.507 e. The molecule has 128 valence electrons. The number of nitrogens with one attached hydrogen (secondary N) is 1. The molecule has 2 rings (SSSR count). The van der Waals surface area contributed by atoms with Crippen molar-refractivity contribution in [1.29, 1.82) is 0 Å². The highest BCUT2D eigenvalue weighted by atomic mass is 16.5. The number of amides is 1. The van der Waals surface area contributed by atoms with Gasteiger partial charge in [-0.05, 0) is 18.1 Å². The van der Waals surface area contributed by atoms with Gasteiger partial charge in [0, 0.05) is 32.2 Å². The summed E-state index contributed by atoms with van der Waals surface area (Å²) in [7, 11) is 1.51. The number of methoxy groups -OCH3 is 1. The molecule has 0 aromatic heterocycles. The van der Waals surface area contributed by atoms with Crippen molar-refractivity contribution < 1.29 is 19.4 Å². The van der Waals surface area contributed by atoms with Crippen LogP contribution in [0.4, 0.5) is 0 Å². The highest BCUT2D eigenvalue weighted by molar-refractivity contribution is 5.97. The lowest BCUT2D eigenvalue weighted by molar-refractivity contribution is -0.0295. The van der Waals surface area contributed by atoms with E-state index in [0.29, 0.717) is 24.8 Å². The molecule has 0 bridgehead atoms. The van der Waals surface area contributed by atoms with Crippen LogP contribution in [0.1, 0.15) is 24.2 Å². The van der Waals surface area contributed by atoms with Gasteiger partial charge in [-0.15, -0.1) is 0 Å². The van der Waals surface area contributed by atoms with E-state index >= 15 is 0 Å². The van der Waals surface area contributed by atoms with Crippen molar-refractivity contribution >= 4 is 5.91 Å². The summed E-state index contributed by atoms with van der Waals surface area (Å²) in [6.45, 7) is 8.28. The van der Waals surface area contributed by atoms with E-state index in [-0.39, 0.29) is 23.3 Å². The third kappa shape index (κ3) is 5.11. The number of ether oxygens (including phenoxy) is 2. The Morgan fingerprint density at radius 1 is 1.52 bits per heavy atom. The molecule has 2 N–H and O–H groups in total. The smallest absolute Gasteiger partial charge is 0.255 e. The van der Waals surface area contributed by atoms with Crippen molar-refractivity contribution in [3.05, 3.63) is 23.8 Å². The Bertz CT molecular complexity index is 533. The molecule has 1 atom stereocenters. The van der Waals surface area contributed by atoms with Gasteiger partial charge in [-0.3, -0.25) is 9.69 Å². The first-order chi connectivity index (χ1) is 11.0. The molecule has 1 aliphatic rings. The summed E-state index contributed by atoms with van der Waals surface area (Å²) in [5.41, 5.74) is 0.237. The number of morpholine rings is 1. The van der Waals surface area contributed by atoms with E-state index in [9.17, 15) is 9.90 Å². The monoisotopic (exact) mass is 322 g/mol. The summed E-state index contributed by atoms with van der Waals surface area (Å²) in [5.74, 6) is 0.723. The molecule has 1 aliphatic heterocycles. The first-order valence-electron chi connectivity index (χ1n) is 7.98. The van der Waals surface area contributed by atoms with E-state index in [1.165, 1.54) is 13.2 Å². The predicted octanol–water partition coefficient (Wildman–Crippen LogP) is 1.49. The summed E-state index contributed by atoms with van der Waals surface area (Å²) < 4.78 is 10.7. The lowest BCUT2D eigenvalue weighted by Crippen LogP contribution is -2.48. The zero-order valence-corrected chi connectivity index (χ0v) is 14.0. The summed E-state index contributed by atoms with van der Waals surface area (Å²) in [5, 5.41) is 12.7. The van der Waals surface area contributed by atoms with Crippen LogP contribution in [0, 0.1) is 5.92 Å². The number of phenols is 1. The highest BCUT2D eigenvalue weighted by Crippen LogP contribution is 2.23. The molecule has 1 aromatic rings. The molecule has 6 heteroatoms. The van der Waals surface area contributed by atoms with E-state index in [4.69, 9.17) is 9.47 Å². The van der Waals surface area contributed by atoms with Crippen LogP contribution in [-0.4, -0.2) is 61.9 Å². The van der Waals surface area contributed by atoms with Crippen LogP contribution in [0.3, 0.4) is 0 Å². The Labute approximate surface area is 137 Å². The lowest BCUT2D eigenvalue weighted by Gasteiger charge is -2.33. The Morgan fingerprint density at radius 2 is 2.30 bits per heavy atom. The molecule has 23 heavy (non-hydrogen) atoms. The van der Waals surface area contributed by atoms with Crippen molar-refractivity contribution in [1.82, 2.24) is 10.2 Å². The quantitative estimate of drug-likeness (QED) is 0.830. The summed E-state index contributed by atoms with van der Waals surface area (Å²) in [6.07, 6.45) is -0.0214. The maximum absolute atomic E-state index is 12.2. The molecule has 0 unspecified atom stereocenters.